The number of nitrogens with zero attached hydrogens (tertiary/aromatic N) is 1. The third kappa shape index (κ3) is 4.05. The van der Waals surface area contributed by atoms with Gasteiger partial charge in [-0.2, -0.15) is 0 Å². The molecule has 28 heavy (non-hydrogen) atoms. The summed E-state index contributed by atoms with van der Waals surface area (Å²) in [5.41, 5.74) is 0.313. The first-order valence-corrected chi connectivity index (χ1v) is 10.2. The third-order valence-corrected chi connectivity index (χ3v) is 7.24. The smallest absolute Gasteiger partial charge is 0.217 e. The highest BCUT2D eigenvalue weighted by Gasteiger charge is 2.47. The molecule has 0 amide bonds. The van der Waals surface area contributed by atoms with E-state index in [9.17, 15) is 26.0 Å². The Bertz CT molecular complexity index is 972. The van der Waals surface area contributed by atoms with Gasteiger partial charge in [0.25, 0.3) is 0 Å². The fourth-order valence-corrected chi connectivity index (χ4v) is 4.89. The zero-order valence-electron chi connectivity index (χ0n) is 14.8. The lowest BCUT2D eigenvalue weighted by molar-refractivity contribution is 0.120. The van der Waals surface area contributed by atoms with Crippen LogP contribution in [0, 0.1) is 23.3 Å². The molecule has 0 atom stereocenters. The van der Waals surface area contributed by atoms with Crippen LogP contribution in [0.4, 0.5) is 22.0 Å². The second-order valence-corrected chi connectivity index (χ2v) is 9.00. The monoisotopic (exact) mass is 419 g/mol. The van der Waals surface area contributed by atoms with E-state index in [2.05, 4.69) is 0 Å². The molecule has 1 heterocycles. The Morgan fingerprint density at radius 2 is 1.57 bits per heavy atom. The van der Waals surface area contributed by atoms with Crippen molar-refractivity contribution >= 4 is 9.84 Å². The van der Waals surface area contributed by atoms with Gasteiger partial charge in [-0.1, -0.05) is 6.07 Å². The van der Waals surface area contributed by atoms with Crippen molar-refractivity contribution in [2.45, 2.75) is 29.2 Å². The molecule has 3 rings (SSSR count). The summed E-state index contributed by atoms with van der Waals surface area (Å²) in [6, 6.07) is 5.25. The molecule has 0 aromatic heterocycles. The maximum absolute atomic E-state index is 15.2. The number of hydrogen-bond donors (Lipinski definition) is 0. The Labute approximate surface area is 159 Å². The summed E-state index contributed by atoms with van der Waals surface area (Å²) in [6.07, 6.45) is -0.429. The van der Waals surface area contributed by atoms with Crippen molar-refractivity contribution in [2.75, 3.05) is 19.6 Å². The molecule has 0 spiro atoms. The van der Waals surface area contributed by atoms with Crippen molar-refractivity contribution in [2.24, 2.45) is 0 Å². The zero-order valence-corrected chi connectivity index (χ0v) is 15.6. The van der Waals surface area contributed by atoms with Crippen molar-refractivity contribution in [1.82, 2.24) is 4.90 Å². The Morgan fingerprint density at radius 1 is 0.893 bits per heavy atom. The van der Waals surface area contributed by atoms with Crippen molar-refractivity contribution < 1.29 is 30.4 Å². The zero-order chi connectivity index (χ0) is 20.5. The molecule has 2 aromatic carbocycles. The van der Waals surface area contributed by atoms with E-state index in [1.807, 2.05) is 0 Å². The van der Waals surface area contributed by atoms with Gasteiger partial charge >= 0.3 is 0 Å². The van der Waals surface area contributed by atoms with Crippen LogP contribution in [-0.2, 0) is 16.3 Å². The number of piperidine rings is 1. The Kier molecular flexibility index (Phi) is 5.77. The highest BCUT2D eigenvalue weighted by molar-refractivity contribution is 7.92. The summed E-state index contributed by atoms with van der Waals surface area (Å²) >= 11 is 0. The summed E-state index contributed by atoms with van der Waals surface area (Å²) < 4.78 is 93.3. The molecule has 1 aliphatic heterocycles. The van der Waals surface area contributed by atoms with Gasteiger partial charge in [0.2, 0.25) is 14.8 Å². The molecule has 1 saturated heterocycles. The average molecular weight is 419 g/mol. The van der Waals surface area contributed by atoms with Crippen LogP contribution < -0.4 is 0 Å². The summed E-state index contributed by atoms with van der Waals surface area (Å²) in [6.45, 7) is 0.550. The Morgan fingerprint density at radius 3 is 2.18 bits per heavy atom. The van der Waals surface area contributed by atoms with Gasteiger partial charge in [0, 0.05) is 38.5 Å². The molecule has 0 unspecified atom stereocenters. The van der Waals surface area contributed by atoms with E-state index in [0.717, 1.165) is 18.2 Å². The molecule has 2 aromatic rings. The van der Waals surface area contributed by atoms with Gasteiger partial charge in [0.15, 0.2) is 11.6 Å². The van der Waals surface area contributed by atoms with E-state index in [0.29, 0.717) is 24.2 Å². The van der Waals surface area contributed by atoms with Crippen LogP contribution in [0.3, 0.4) is 0 Å². The maximum Gasteiger partial charge on any atom is 0.217 e. The predicted molar refractivity (Wildman–Crippen MR) is 93.1 cm³/mol. The van der Waals surface area contributed by atoms with Gasteiger partial charge in [-0.3, -0.25) is 0 Å². The Hall–Kier alpha value is -2.00. The van der Waals surface area contributed by atoms with Gasteiger partial charge < -0.3 is 4.90 Å². The fourth-order valence-electron chi connectivity index (χ4n) is 3.24. The summed E-state index contributed by atoms with van der Waals surface area (Å²) in [7, 11) is -4.50. The van der Waals surface area contributed by atoms with Crippen molar-refractivity contribution in [3.8, 4) is 0 Å². The molecular formula is C19H18F5NO2S. The molecule has 9 heteroatoms. The van der Waals surface area contributed by atoms with E-state index >= 15 is 4.39 Å². The number of benzene rings is 2. The summed E-state index contributed by atoms with van der Waals surface area (Å²) in [5.74, 6) is -3.92. The van der Waals surface area contributed by atoms with E-state index in [1.54, 1.807) is 4.90 Å². The quantitative estimate of drug-likeness (QED) is 0.543. The van der Waals surface area contributed by atoms with Crippen molar-refractivity contribution in [3.05, 3.63) is 65.2 Å². The first kappa shape index (κ1) is 20.7. The van der Waals surface area contributed by atoms with Gasteiger partial charge in [-0.25, -0.2) is 30.4 Å². The first-order valence-electron chi connectivity index (χ1n) is 8.67. The van der Waals surface area contributed by atoms with Gasteiger partial charge in [-0.05, 0) is 36.2 Å². The van der Waals surface area contributed by atoms with Gasteiger partial charge in [-0.15, -0.1) is 0 Å². The number of hydrogen-bond acceptors (Lipinski definition) is 3. The molecule has 0 bridgehead atoms. The minimum absolute atomic E-state index is 0.0994. The van der Waals surface area contributed by atoms with E-state index in [1.165, 1.54) is 6.07 Å². The van der Waals surface area contributed by atoms with E-state index in [4.69, 9.17) is 0 Å². The molecule has 3 nitrogen and oxygen atoms in total. The normalized spacial score (nSPS) is 17.6. The molecule has 0 aliphatic carbocycles. The van der Waals surface area contributed by atoms with Gasteiger partial charge in [0.05, 0.1) is 4.90 Å². The van der Waals surface area contributed by atoms with Crippen LogP contribution in [0.15, 0.2) is 41.3 Å². The highest BCUT2D eigenvalue weighted by Crippen LogP contribution is 2.37. The third-order valence-electron chi connectivity index (χ3n) is 5.00. The number of alkyl halides is 1. The summed E-state index contributed by atoms with van der Waals surface area (Å²) in [4.78, 5) is 1.18. The molecule has 0 saturated carbocycles. The average Bonchev–Trinajstić information content (AvgIpc) is 2.64. The highest BCUT2D eigenvalue weighted by atomic mass is 32.2. The standard InChI is InChI=1S/C19H18F5NO2S/c20-14-2-1-13(17(22)11-14)5-8-25-9-6-19(24,7-10-25)28(26,27)15-3-4-16(21)18(23)12-15/h1-4,11-12H,5-10H2. The first-order chi connectivity index (χ1) is 13.1. The van der Waals surface area contributed by atoms with Crippen LogP contribution in [0.1, 0.15) is 18.4 Å². The molecule has 0 radical (unpaired) electrons. The van der Waals surface area contributed by atoms with Crippen LogP contribution in [0.2, 0.25) is 0 Å². The lowest BCUT2D eigenvalue weighted by Crippen LogP contribution is -2.46. The van der Waals surface area contributed by atoms with E-state index < -0.39 is 43.0 Å². The fraction of sp³-hybridized carbons (Fsp3) is 0.368. The summed E-state index contributed by atoms with van der Waals surface area (Å²) in [5, 5.41) is -2.59. The lowest BCUT2D eigenvalue weighted by Gasteiger charge is -2.35. The Balaban J connectivity index is 1.65. The van der Waals surface area contributed by atoms with Crippen molar-refractivity contribution in [3.63, 3.8) is 0 Å². The minimum atomic E-state index is -4.50. The molecule has 152 valence electrons. The molecular weight excluding hydrogens is 401 g/mol. The predicted octanol–water partition coefficient (Wildman–Crippen LogP) is 4.02. The van der Waals surface area contributed by atoms with Crippen molar-refractivity contribution in [1.29, 1.82) is 0 Å². The van der Waals surface area contributed by atoms with Crippen LogP contribution in [0.25, 0.3) is 0 Å². The SMILES string of the molecule is O=S(=O)(c1ccc(F)c(F)c1)C1(F)CCN(CCc2ccc(F)cc2F)CC1. The number of likely N-dealkylation sites (tertiary alicyclic amines) is 1. The largest absolute Gasteiger partial charge is 0.303 e. The molecule has 1 aliphatic rings. The van der Waals surface area contributed by atoms with Crippen LogP contribution in [-0.4, -0.2) is 38.0 Å². The van der Waals surface area contributed by atoms with Crippen LogP contribution >= 0.6 is 0 Å². The second-order valence-electron chi connectivity index (χ2n) is 6.79. The second kappa shape index (κ2) is 7.79. The minimum Gasteiger partial charge on any atom is -0.303 e. The number of halogens is 5. The van der Waals surface area contributed by atoms with E-state index in [-0.39, 0.29) is 32.4 Å². The number of rotatable bonds is 5. The van der Waals surface area contributed by atoms with Gasteiger partial charge in [0.1, 0.15) is 11.6 Å². The maximum atomic E-state index is 15.2. The lowest BCUT2D eigenvalue weighted by atomic mass is 10.1. The molecule has 1 fully saturated rings. The number of sulfone groups is 1. The molecule has 0 N–H and O–H groups in total. The van der Waals surface area contributed by atoms with Crippen LogP contribution in [0.5, 0.6) is 0 Å². The topological polar surface area (TPSA) is 37.4 Å².